The summed E-state index contributed by atoms with van der Waals surface area (Å²) in [4.78, 5) is 68.6. The first-order valence-corrected chi connectivity index (χ1v) is 18.4. The van der Waals surface area contributed by atoms with Crippen LogP contribution >= 0.6 is 11.8 Å². The Kier molecular flexibility index (Phi) is 18.2. The predicted molar refractivity (Wildman–Crippen MR) is 198 cm³/mol. The number of hydrogen-bond acceptors (Lipinski definition) is 8. The summed E-state index contributed by atoms with van der Waals surface area (Å²) in [6.07, 6.45) is 7.14. The number of carbonyl (C=O) groups is 5. The van der Waals surface area contributed by atoms with Crippen LogP contribution < -0.4 is 26.6 Å². The van der Waals surface area contributed by atoms with Gasteiger partial charge in [0.2, 0.25) is 23.1 Å². The SMILES string of the molecule is C#CCSC(NC(=O)[C@@H]1C(=C=C(C)C)CCN1C(=O)[C@@H](NC(=O)N[C@H](CNCCN(C)S(=O)O)C(C)(C)C)C(C)(C)C)C(=O)C(=O)NCC=C. The van der Waals surface area contributed by atoms with E-state index in [4.69, 9.17) is 6.42 Å². The highest BCUT2D eigenvalue weighted by molar-refractivity contribution is 8.00. The van der Waals surface area contributed by atoms with Gasteiger partial charge < -0.3 is 31.5 Å². The van der Waals surface area contributed by atoms with Crippen molar-refractivity contribution in [3.8, 4) is 12.3 Å². The molecule has 0 aromatic heterocycles. The van der Waals surface area contributed by atoms with E-state index in [-0.39, 0.29) is 24.9 Å². The van der Waals surface area contributed by atoms with Gasteiger partial charge in [-0.05, 0) is 36.7 Å². The molecule has 280 valence electrons. The van der Waals surface area contributed by atoms with Gasteiger partial charge in [0, 0.05) is 51.4 Å². The van der Waals surface area contributed by atoms with Gasteiger partial charge in [-0.25, -0.2) is 13.3 Å². The van der Waals surface area contributed by atoms with Crippen molar-refractivity contribution in [3.63, 3.8) is 0 Å². The minimum Gasteiger partial charge on any atom is -0.346 e. The molecule has 0 saturated carbocycles. The number of urea groups is 1. The number of likely N-dealkylation sites (N-methyl/N-ethyl adjacent to an activating group) is 1. The first-order valence-electron chi connectivity index (χ1n) is 16.3. The maximum atomic E-state index is 14.3. The van der Waals surface area contributed by atoms with Crippen LogP contribution in [-0.2, 0) is 30.4 Å². The van der Waals surface area contributed by atoms with Crippen LogP contribution in [0.4, 0.5) is 4.79 Å². The minimum absolute atomic E-state index is 0.0340. The lowest BCUT2D eigenvalue weighted by Gasteiger charge is -2.37. The first kappa shape index (κ1) is 44.6. The molecule has 1 aliphatic heterocycles. The van der Waals surface area contributed by atoms with Crippen molar-refractivity contribution in [2.45, 2.75) is 85.3 Å². The molecule has 0 radical (unpaired) electrons. The van der Waals surface area contributed by atoms with Gasteiger partial charge in [-0.2, -0.15) is 0 Å². The number of likely N-dealkylation sites (tertiary alicyclic amines) is 1. The fourth-order valence-corrected chi connectivity index (χ4v) is 5.83. The highest BCUT2D eigenvalue weighted by Crippen LogP contribution is 2.29. The van der Waals surface area contributed by atoms with Crippen molar-refractivity contribution >= 4 is 52.6 Å². The second-order valence-electron chi connectivity index (χ2n) is 14.2. The van der Waals surface area contributed by atoms with Crippen molar-refractivity contribution in [3.05, 3.63) is 29.5 Å². The standard InChI is InChI=1S/C34H55N7O7S2/c1-12-15-36-29(44)26(42)30(49-19-13-2)39-28(43)25-23(20-22(3)4)14-17-41(25)31(45)27(34(8,9)10)38-32(46)37-24(33(5,6)7)21-35-16-18-40(11)50(47)48/h2,12,24-25,27,30,35H,1,14-19,21H2,3-11H3,(H,36,44)(H,39,43)(H,47,48)(H2,37,38,46)/t24-,25+,27-,30?/m1/s1. The summed E-state index contributed by atoms with van der Waals surface area (Å²) in [7, 11) is 1.52. The summed E-state index contributed by atoms with van der Waals surface area (Å²) >= 11 is -1.19. The van der Waals surface area contributed by atoms with Crippen LogP contribution in [0.15, 0.2) is 29.5 Å². The number of rotatable bonds is 17. The number of terminal acetylenes is 1. The molecule has 6 N–H and O–H groups in total. The summed E-state index contributed by atoms with van der Waals surface area (Å²) in [5.41, 5.74) is 3.28. The molecule has 1 rings (SSSR count). The van der Waals surface area contributed by atoms with E-state index in [1.807, 2.05) is 34.6 Å². The van der Waals surface area contributed by atoms with Gasteiger partial charge >= 0.3 is 6.03 Å². The molecule has 5 amide bonds. The van der Waals surface area contributed by atoms with E-state index in [0.29, 0.717) is 31.6 Å². The monoisotopic (exact) mass is 737 g/mol. The average molecular weight is 738 g/mol. The Morgan fingerprint density at radius 2 is 1.76 bits per heavy atom. The van der Waals surface area contributed by atoms with E-state index >= 15 is 0 Å². The van der Waals surface area contributed by atoms with Crippen LogP contribution in [0.25, 0.3) is 0 Å². The Hall–Kier alpha value is -3.45. The van der Waals surface area contributed by atoms with E-state index < -0.39 is 69.1 Å². The molecule has 1 aliphatic rings. The third-order valence-electron chi connectivity index (χ3n) is 7.64. The molecule has 0 aromatic rings. The van der Waals surface area contributed by atoms with Crippen LogP contribution in [-0.4, -0.2) is 117 Å². The van der Waals surface area contributed by atoms with Crippen molar-refractivity contribution in [2.75, 3.05) is 45.5 Å². The van der Waals surface area contributed by atoms with Crippen LogP contribution in [0.3, 0.4) is 0 Å². The summed E-state index contributed by atoms with van der Waals surface area (Å²) in [5, 5.41) is 12.7. The fourth-order valence-electron chi connectivity index (χ4n) is 4.86. The minimum atomic E-state index is -2.09. The largest absolute Gasteiger partial charge is 0.346 e. The molecule has 0 aromatic carbocycles. The normalized spacial score (nSPS) is 17.0. The Morgan fingerprint density at radius 1 is 1.12 bits per heavy atom. The van der Waals surface area contributed by atoms with Crippen LogP contribution in [0.2, 0.25) is 0 Å². The Bertz CT molecular complexity index is 1390. The van der Waals surface area contributed by atoms with Gasteiger partial charge in [0.05, 0.1) is 5.75 Å². The molecule has 50 heavy (non-hydrogen) atoms. The molecule has 1 saturated heterocycles. The van der Waals surface area contributed by atoms with Gasteiger partial charge in [0.15, 0.2) is 0 Å². The highest BCUT2D eigenvalue weighted by atomic mass is 32.2. The van der Waals surface area contributed by atoms with E-state index in [1.54, 1.807) is 20.8 Å². The van der Waals surface area contributed by atoms with Crippen molar-refractivity contribution in [1.29, 1.82) is 0 Å². The number of nitrogens with one attached hydrogen (secondary N) is 5. The zero-order chi connectivity index (χ0) is 38.4. The number of Topliss-reactive ketones (excluding diaryl/α,β-unsaturated/α-hetero) is 1. The van der Waals surface area contributed by atoms with E-state index in [0.717, 1.165) is 17.3 Å². The Morgan fingerprint density at radius 3 is 2.28 bits per heavy atom. The van der Waals surface area contributed by atoms with Gasteiger partial charge in [0.25, 0.3) is 11.7 Å². The average Bonchev–Trinajstić information content (AvgIpc) is 3.42. The molecule has 0 aliphatic carbocycles. The number of nitrogens with zero attached hydrogens (tertiary/aromatic N) is 2. The molecule has 0 bridgehead atoms. The maximum Gasteiger partial charge on any atom is 0.315 e. The number of thioether (sulfide) groups is 1. The molecule has 1 fully saturated rings. The van der Waals surface area contributed by atoms with Gasteiger partial charge in [-0.3, -0.25) is 23.7 Å². The van der Waals surface area contributed by atoms with E-state index in [2.05, 4.69) is 44.8 Å². The fraction of sp³-hybridized carbons (Fsp3) is 0.647. The third-order valence-corrected chi connectivity index (χ3v) is 9.35. The van der Waals surface area contributed by atoms with Gasteiger partial charge in [-0.1, -0.05) is 53.5 Å². The van der Waals surface area contributed by atoms with Gasteiger partial charge in [-0.15, -0.1) is 30.5 Å². The molecule has 1 heterocycles. The van der Waals surface area contributed by atoms with Crippen molar-refractivity contribution in [2.24, 2.45) is 10.8 Å². The van der Waals surface area contributed by atoms with Crippen LogP contribution in [0.1, 0.15) is 61.8 Å². The predicted octanol–water partition coefficient (Wildman–Crippen LogP) is 1.55. The maximum absolute atomic E-state index is 14.3. The zero-order valence-electron chi connectivity index (χ0n) is 30.7. The lowest BCUT2D eigenvalue weighted by molar-refractivity contribution is -0.142. The van der Waals surface area contributed by atoms with Gasteiger partial charge in [0.1, 0.15) is 17.5 Å². The number of amides is 5. The van der Waals surface area contributed by atoms with Crippen LogP contribution in [0, 0.1) is 23.2 Å². The summed E-state index contributed by atoms with van der Waals surface area (Å²) in [6, 6.07) is -3.21. The number of hydrogen-bond donors (Lipinski definition) is 6. The molecule has 0 spiro atoms. The number of ketones is 1. The molecular weight excluding hydrogens is 683 g/mol. The number of carbonyl (C=O) groups excluding carboxylic acids is 5. The smallest absolute Gasteiger partial charge is 0.315 e. The zero-order valence-corrected chi connectivity index (χ0v) is 32.4. The van der Waals surface area contributed by atoms with E-state index in [1.165, 1.54) is 22.3 Å². The molecule has 2 unspecified atom stereocenters. The first-order chi connectivity index (χ1) is 23.1. The third kappa shape index (κ3) is 14.4. The quantitative estimate of drug-likeness (QED) is 0.0245. The van der Waals surface area contributed by atoms with Crippen LogP contribution in [0.5, 0.6) is 0 Å². The van der Waals surface area contributed by atoms with Crippen molar-refractivity contribution < 1.29 is 32.7 Å². The second kappa shape index (κ2) is 20.4. The van der Waals surface area contributed by atoms with E-state index in [9.17, 15) is 32.7 Å². The molecular formula is C34H55N7O7S2. The highest BCUT2D eigenvalue weighted by Gasteiger charge is 2.45. The molecule has 16 heteroatoms. The summed E-state index contributed by atoms with van der Waals surface area (Å²) in [5.74, 6) is -0.600. The van der Waals surface area contributed by atoms with Crippen molar-refractivity contribution in [1.82, 2.24) is 35.8 Å². The lowest BCUT2D eigenvalue weighted by atomic mass is 9.85. The second-order valence-corrected chi connectivity index (χ2v) is 16.4. The summed E-state index contributed by atoms with van der Waals surface area (Å²) in [6.45, 7) is 19.6. The Balaban J connectivity index is 3.34. The summed E-state index contributed by atoms with van der Waals surface area (Å²) < 4.78 is 21.7. The topological polar surface area (TPSA) is 189 Å². The lowest BCUT2D eigenvalue weighted by Crippen LogP contribution is -2.61. The Labute approximate surface area is 303 Å². The molecule has 14 nitrogen and oxygen atoms in total. The molecule has 5 atom stereocenters.